The van der Waals surface area contributed by atoms with Crippen molar-refractivity contribution in [2.75, 3.05) is 31.1 Å². The van der Waals surface area contributed by atoms with Crippen LogP contribution in [0.1, 0.15) is 5.56 Å². The Morgan fingerprint density at radius 1 is 1.12 bits per heavy atom. The third kappa shape index (κ3) is 3.60. The Balaban J connectivity index is 1.64. The van der Waals surface area contributed by atoms with Gasteiger partial charge in [-0.25, -0.2) is 0 Å². The van der Waals surface area contributed by atoms with Gasteiger partial charge in [0, 0.05) is 53.9 Å². The molecule has 0 saturated carbocycles. The van der Waals surface area contributed by atoms with E-state index in [0.29, 0.717) is 53.4 Å². The van der Waals surface area contributed by atoms with Crippen LogP contribution < -0.4 is 4.90 Å². The molecule has 7 heteroatoms. The van der Waals surface area contributed by atoms with Gasteiger partial charge in [-0.15, -0.1) is 0 Å². The van der Waals surface area contributed by atoms with E-state index in [1.807, 2.05) is 42.5 Å². The molecular formula is C27H21ClN4O2. The highest BCUT2D eigenvalue weighted by Gasteiger charge is 2.24. The lowest BCUT2D eigenvalue weighted by atomic mass is 9.95. The number of aromatic hydroxyl groups is 1. The third-order valence-corrected chi connectivity index (χ3v) is 6.62. The van der Waals surface area contributed by atoms with Crippen molar-refractivity contribution < 1.29 is 9.90 Å². The maximum absolute atomic E-state index is 12.0. The van der Waals surface area contributed by atoms with Crippen LogP contribution in [-0.2, 0) is 4.79 Å². The number of hydrogen-bond acceptors (Lipinski definition) is 5. The number of carbonyl (C=O) groups is 1. The van der Waals surface area contributed by atoms with Crippen molar-refractivity contribution in [3.8, 4) is 22.9 Å². The lowest BCUT2D eigenvalue weighted by Gasteiger charge is -2.36. The Bertz CT molecular complexity index is 1500. The van der Waals surface area contributed by atoms with Crippen LogP contribution in [-0.4, -0.2) is 47.1 Å². The molecule has 168 valence electrons. The van der Waals surface area contributed by atoms with Crippen molar-refractivity contribution in [3.63, 3.8) is 0 Å². The second-order valence-electron chi connectivity index (χ2n) is 8.18. The zero-order valence-electron chi connectivity index (χ0n) is 18.3. The van der Waals surface area contributed by atoms with E-state index < -0.39 is 0 Å². The number of carbonyl (C=O) groups excluding carboxylic acids is 1. The highest BCUT2D eigenvalue weighted by atomic mass is 35.5. The molecule has 0 spiro atoms. The lowest BCUT2D eigenvalue weighted by Crippen LogP contribution is -2.48. The van der Waals surface area contributed by atoms with Crippen LogP contribution in [0.5, 0.6) is 5.75 Å². The van der Waals surface area contributed by atoms with E-state index in [-0.39, 0.29) is 11.7 Å². The number of phenols is 1. The van der Waals surface area contributed by atoms with Crippen molar-refractivity contribution in [1.29, 1.82) is 5.26 Å². The number of halogens is 1. The zero-order valence-corrected chi connectivity index (χ0v) is 19.1. The molecule has 1 aliphatic rings. The zero-order chi connectivity index (χ0) is 23.8. The summed E-state index contributed by atoms with van der Waals surface area (Å²) < 4.78 is 0. The summed E-state index contributed by atoms with van der Waals surface area (Å²) in [5.74, 6) is 0.0409. The molecule has 1 saturated heterocycles. The molecule has 2 heterocycles. The van der Waals surface area contributed by atoms with Crippen molar-refractivity contribution in [3.05, 3.63) is 78.0 Å². The number of nitrogens with zero attached hydrogens (tertiary/aromatic N) is 4. The number of piperazine rings is 1. The van der Waals surface area contributed by atoms with Gasteiger partial charge in [0.15, 0.2) is 0 Å². The minimum absolute atomic E-state index is 0.0951. The normalized spacial score (nSPS) is 13.8. The molecule has 1 amide bonds. The van der Waals surface area contributed by atoms with E-state index in [2.05, 4.69) is 22.5 Å². The van der Waals surface area contributed by atoms with Crippen LogP contribution in [0.4, 0.5) is 5.69 Å². The summed E-state index contributed by atoms with van der Waals surface area (Å²) in [6, 6.07) is 17.3. The average molecular weight is 469 g/mol. The second kappa shape index (κ2) is 8.69. The first-order valence-electron chi connectivity index (χ1n) is 10.9. The number of amides is 1. The molecule has 0 atom stereocenters. The van der Waals surface area contributed by atoms with Crippen molar-refractivity contribution in [1.82, 2.24) is 9.88 Å². The minimum atomic E-state index is -0.0951. The molecule has 1 fully saturated rings. The number of pyridine rings is 1. The predicted molar refractivity (Wildman–Crippen MR) is 135 cm³/mol. The van der Waals surface area contributed by atoms with E-state index in [1.54, 1.807) is 17.2 Å². The van der Waals surface area contributed by atoms with Crippen molar-refractivity contribution in [2.45, 2.75) is 0 Å². The molecule has 0 radical (unpaired) electrons. The van der Waals surface area contributed by atoms with Crippen LogP contribution in [0.2, 0.25) is 5.02 Å². The maximum Gasteiger partial charge on any atom is 0.246 e. The van der Waals surface area contributed by atoms with Gasteiger partial charge in [0.25, 0.3) is 0 Å². The Labute approximate surface area is 201 Å². The maximum atomic E-state index is 12.0. The van der Waals surface area contributed by atoms with Gasteiger partial charge in [-0.3, -0.25) is 9.78 Å². The molecule has 6 nitrogen and oxygen atoms in total. The SMILES string of the molecule is C=CC(=O)N1CCN(c2c(C#N)cnc3cc(-c4c(O)ccc5ccccc45)c(Cl)cc23)CC1. The number of rotatable bonds is 3. The number of fused-ring (bicyclic) bond motifs is 2. The molecule has 1 aliphatic heterocycles. The summed E-state index contributed by atoms with van der Waals surface area (Å²) in [5, 5.41) is 23.6. The summed E-state index contributed by atoms with van der Waals surface area (Å²) in [6.07, 6.45) is 2.89. The topological polar surface area (TPSA) is 80.5 Å². The fourth-order valence-electron chi connectivity index (χ4n) is 4.64. The first kappa shape index (κ1) is 21.7. The predicted octanol–water partition coefficient (Wildman–Crippen LogP) is 5.12. The van der Waals surface area contributed by atoms with E-state index in [9.17, 15) is 15.2 Å². The van der Waals surface area contributed by atoms with E-state index in [1.165, 1.54) is 6.08 Å². The summed E-state index contributed by atoms with van der Waals surface area (Å²) in [5.41, 5.74) is 3.20. The Morgan fingerprint density at radius 2 is 1.88 bits per heavy atom. The number of aromatic nitrogens is 1. The van der Waals surface area contributed by atoms with Crippen LogP contribution in [0.3, 0.4) is 0 Å². The molecule has 1 aromatic heterocycles. The minimum Gasteiger partial charge on any atom is -0.507 e. The van der Waals surface area contributed by atoms with Gasteiger partial charge in [0.2, 0.25) is 5.91 Å². The van der Waals surface area contributed by atoms with Gasteiger partial charge in [0.05, 0.1) is 16.8 Å². The largest absolute Gasteiger partial charge is 0.507 e. The van der Waals surface area contributed by atoms with Gasteiger partial charge in [-0.2, -0.15) is 5.26 Å². The summed E-state index contributed by atoms with van der Waals surface area (Å²) in [6.45, 7) is 5.79. The Morgan fingerprint density at radius 3 is 2.62 bits per heavy atom. The van der Waals surface area contributed by atoms with Gasteiger partial charge < -0.3 is 14.9 Å². The first-order chi connectivity index (χ1) is 16.5. The van der Waals surface area contributed by atoms with Crippen LogP contribution in [0, 0.1) is 11.3 Å². The monoisotopic (exact) mass is 468 g/mol. The highest BCUT2D eigenvalue weighted by molar-refractivity contribution is 6.35. The highest BCUT2D eigenvalue weighted by Crippen LogP contribution is 2.43. The Hall–Kier alpha value is -4.08. The smallest absolute Gasteiger partial charge is 0.246 e. The molecule has 1 N–H and O–H groups in total. The molecule has 0 unspecified atom stereocenters. The van der Waals surface area contributed by atoms with Crippen molar-refractivity contribution in [2.24, 2.45) is 0 Å². The fraction of sp³-hybridized carbons (Fsp3) is 0.148. The molecular weight excluding hydrogens is 448 g/mol. The van der Waals surface area contributed by atoms with Gasteiger partial charge in [0.1, 0.15) is 11.8 Å². The molecule has 4 aromatic rings. The number of hydrogen-bond donors (Lipinski definition) is 1. The second-order valence-corrected chi connectivity index (χ2v) is 8.59. The first-order valence-corrected chi connectivity index (χ1v) is 11.3. The number of nitriles is 1. The van der Waals surface area contributed by atoms with Gasteiger partial charge in [-0.05, 0) is 35.0 Å². The van der Waals surface area contributed by atoms with Crippen LogP contribution >= 0.6 is 11.6 Å². The summed E-state index contributed by atoms with van der Waals surface area (Å²) in [4.78, 5) is 20.3. The Kier molecular flexibility index (Phi) is 5.56. The van der Waals surface area contributed by atoms with Gasteiger partial charge in [-0.1, -0.05) is 48.5 Å². The molecule has 3 aromatic carbocycles. The van der Waals surface area contributed by atoms with E-state index in [4.69, 9.17) is 11.6 Å². The number of benzene rings is 3. The summed E-state index contributed by atoms with van der Waals surface area (Å²) >= 11 is 6.80. The third-order valence-electron chi connectivity index (χ3n) is 6.31. The van der Waals surface area contributed by atoms with Crippen LogP contribution in [0.25, 0.3) is 32.8 Å². The summed E-state index contributed by atoms with van der Waals surface area (Å²) in [7, 11) is 0. The molecule has 0 bridgehead atoms. The van der Waals surface area contributed by atoms with E-state index in [0.717, 1.165) is 21.8 Å². The number of phenolic OH excluding ortho intramolecular Hbond substituents is 1. The standard InChI is InChI=1S/C27H21ClN4O2/c1-2-25(34)31-9-11-32(12-10-31)27-18(15-29)16-30-23-14-20(22(28)13-21(23)27)26-19-6-4-3-5-17(19)7-8-24(26)33/h2-8,13-14,16,33H,1,9-12H2. The quantitative estimate of drug-likeness (QED) is 0.422. The fourth-order valence-corrected chi connectivity index (χ4v) is 4.89. The number of anilines is 1. The molecule has 0 aliphatic carbocycles. The van der Waals surface area contributed by atoms with E-state index >= 15 is 0 Å². The molecule has 34 heavy (non-hydrogen) atoms. The van der Waals surface area contributed by atoms with Crippen molar-refractivity contribution >= 4 is 44.9 Å². The molecule has 5 rings (SSSR count). The average Bonchev–Trinajstić information content (AvgIpc) is 2.87. The van der Waals surface area contributed by atoms with Gasteiger partial charge >= 0.3 is 0 Å². The lowest BCUT2D eigenvalue weighted by molar-refractivity contribution is -0.126. The van der Waals surface area contributed by atoms with Crippen LogP contribution in [0.15, 0.2) is 67.4 Å².